The Labute approximate surface area is 163 Å². The van der Waals surface area contributed by atoms with E-state index in [4.69, 9.17) is 16.3 Å². The lowest BCUT2D eigenvalue weighted by molar-refractivity contribution is -0.384. The second-order valence-electron chi connectivity index (χ2n) is 6.45. The van der Waals surface area contributed by atoms with Gasteiger partial charge in [-0.15, -0.1) is 11.6 Å². The maximum absolute atomic E-state index is 12.9. The van der Waals surface area contributed by atoms with Crippen molar-refractivity contribution in [2.75, 3.05) is 5.88 Å². The van der Waals surface area contributed by atoms with Gasteiger partial charge in [0.2, 0.25) is 0 Å². The number of allylic oxidation sites excluding steroid dienone is 4. The lowest BCUT2D eigenvalue weighted by Gasteiger charge is -2.29. The van der Waals surface area contributed by atoms with Gasteiger partial charge in [-0.3, -0.25) is 19.7 Å². The number of ketones is 2. The summed E-state index contributed by atoms with van der Waals surface area (Å²) in [7, 11) is 0. The number of hydrogen-bond donors (Lipinski definition) is 0. The highest BCUT2D eigenvalue weighted by atomic mass is 35.5. The summed E-state index contributed by atoms with van der Waals surface area (Å²) in [6, 6.07) is 6.04. The van der Waals surface area contributed by atoms with Gasteiger partial charge in [0.1, 0.15) is 11.5 Å². The molecule has 0 amide bonds. The van der Waals surface area contributed by atoms with Gasteiger partial charge in [-0.2, -0.15) is 0 Å². The monoisotopic (exact) mass is 391 g/mol. The summed E-state index contributed by atoms with van der Waals surface area (Å²) in [4.78, 5) is 35.9. The van der Waals surface area contributed by atoms with E-state index in [-0.39, 0.29) is 23.7 Å². The van der Waals surface area contributed by atoms with Crippen LogP contribution in [0, 0.1) is 10.1 Å². The smallest absolute Gasteiger partial charge is 0.269 e. The van der Waals surface area contributed by atoms with Gasteiger partial charge in [-0.05, 0) is 39.2 Å². The third-order valence-electron chi connectivity index (χ3n) is 4.52. The minimum atomic E-state index is -0.681. The fourth-order valence-electron chi connectivity index (χ4n) is 3.36. The predicted molar refractivity (Wildman–Crippen MR) is 103 cm³/mol. The second kappa shape index (κ2) is 8.95. The van der Waals surface area contributed by atoms with Crippen LogP contribution in [0.5, 0.6) is 0 Å². The summed E-state index contributed by atoms with van der Waals surface area (Å²) in [6.45, 7) is 4.75. The number of nitro benzene ring substituents is 1. The van der Waals surface area contributed by atoms with Gasteiger partial charge in [-0.1, -0.05) is 12.1 Å². The van der Waals surface area contributed by atoms with Crippen LogP contribution in [-0.2, 0) is 14.3 Å². The number of carbonyl (C=O) groups excluding carboxylic acids is 2. The van der Waals surface area contributed by atoms with Crippen molar-refractivity contribution >= 4 is 28.9 Å². The van der Waals surface area contributed by atoms with Crippen molar-refractivity contribution < 1.29 is 19.2 Å². The molecule has 0 aromatic heterocycles. The van der Waals surface area contributed by atoms with Crippen molar-refractivity contribution in [1.29, 1.82) is 0 Å². The van der Waals surface area contributed by atoms with E-state index >= 15 is 0 Å². The molecule has 0 saturated carbocycles. The summed E-state index contributed by atoms with van der Waals surface area (Å²) in [5, 5.41) is 11.2. The van der Waals surface area contributed by atoms with Crippen LogP contribution >= 0.6 is 11.6 Å². The van der Waals surface area contributed by atoms with Crippen LogP contribution in [0.1, 0.15) is 51.5 Å². The van der Waals surface area contributed by atoms with Crippen molar-refractivity contribution in [2.45, 2.75) is 46.0 Å². The Morgan fingerprint density at radius 1 is 1.19 bits per heavy atom. The summed E-state index contributed by atoms with van der Waals surface area (Å²) < 4.78 is 5.69. The molecule has 0 saturated heterocycles. The molecule has 0 aliphatic carbocycles. The molecule has 0 spiro atoms. The minimum Gasteiger partial charge on any atom is -0.466 e. The summed E-state index contributed by atoms with van der Waals surface area (Å²) in [6.07, 6.45) is 1.60. The van der Waals surface area contributed by atoms with Gasteiger partial charge in [0.15, 0.2) is 11.6 Å². The third-order valence-corrected chi connectivity index (χ3v) is 4.79. The Morgan fingerprint density at radius 3 is 2.44 bits per heavy atom. The first-order valence-electron chi connectivity index (χ1n) is 8.71. The first-order chi connectivity index (χ1) is 12.8. The number of Topliss-reactive ketones (excluding diaryl/α,β-unsaturated/α-hetero) is 2. The van der Waals surface area contributed by atoms with Crippen LogP contribution in [0.15, 0.2) is 46.9 Å². The van der Waals surface area contributed by atoms with E-state index in [2.05, 4.69) is 0 Å². The molecule has 1 aromatic carbocycles. The largest absolute Gasteiger partial charge is 0.466 e. The molecular weight excluding hydrogens is 370 g/mol. The molecule has 0 fully saturated rings. The fraction of sp³-hybridized carbons (Fsp3) is 0.400. The van der Waals surface area contributed by atoms with Crippen molar-refractivity contribution in [2.24, 2.45) is 0 Å². The molecular formula is C20H22ClNO5. The maximum Gasteiger partial charge on any atom is 0.269 e. The van der Waals surface area contributed by atoms with Gasteiger partial charge >= 0.3 is 0 Å². The second-order valence-corrected chi connectivity index (χ2v) is 6.83. The number of carbonyl (C=O) groups is 2. The zero-order valence-corrected chi connectivity index (χ0v) is 16.3. The average molecular weight is 392 g/mol. The van der Waals surface area contributed by atoms with E-state index in [9.17, 15) is 19.7 Å². The standard InChI is InChI=1S/C20H22ClNO5/c1-12(23)18-13(2)27-14(3)19(17(24)9-4-5-10-21)20(18)15-7-6-8-16(11-15)22(25)26/h6-8,11,20H,4-5,9-10H2,1-3H3. The average Bonchev–Trinajstić information content (AvgIpc) is 2.60. The lowest BCUT2D eigenvalue weighted by Crippen LogP contribution is -2.24. The number of halogens is 1. The molecule has 0 N–H and O–H groups in total. The number of unbranched alkanes of at least 4 members (excludes halogenated alkanes) is 1. The molecule has 7 heteroatoms. The summed E-state index contributed by atoms with van der Waals surface area (Å²) in [5.74, 6) is 0.245. The first-order valence-corrected chi connectivity index (χ1v) is 9.25. The van der Waals surface area contributed by atoms with Gasteiger partial charge in [0, 0.05) is 41.5 Å². The highest BCUT2D eigenvalue weighted by Gasteiger charge is 2.36. The zero-order chi connectivity index (χ0) is 20.1. The molecule has 1 aliphatic heterocycles. The van der Waals surface area contributed by atoms with Crippen LogP contribution < -0.4 is 0 Å². The van der Waals surface area contributed by atoms with E-state index in [0.717, 1.165) is 0 Å². The van der Waals surface area contributed by atoms with Crippen LogP contribution in [0.25, 0.3) is 0 Å². The Hall–Kier alpha value is -2.47. The third kappa shape index (κ3) is 4.63. The SMILES string of the molecule is CC(=O)C1=C(C)OC(C)=C(C(=O)CCCCCl)C1c1cccc([N+](=O)[O-])c1. The molecule has 144 valence electrons. The number of non-ortho nitro benzene ring substituents is 1. The van der Waals surface area contributed by atoms with Gasteiger partial charge < -0.3 is 4.74 Å². The molecule has 27 heavy (non-hydrogen) atoms. The van der Waals surface area contributed by atoms with Gasteiger partial charge in [0.05, 0.1) is 4.92 Å². The molecule has 6 nitrogen and oxygen atoms in total. The molecule has 1 heterocycles. The summed E-state index contributed by atoms with van der Waals surface area (Å²) >= 11 is 5.69. The Balaban J connectivity index is 2.57. The fourth-order valence-corrected chi connectivity index (χ4v) is 3.55. The predicted octanol–water partition coefficient (Wildman–Crippen LogP) is 4.82. The topological polar surface area (TPSA) is 86.5 Å². The molecule has 0 bridgehead atoms. The van der Waals surface area contributed by atoms with E-state index in [0.29, 0.717) is 46.9 Å². The molecule has 1 aliphatic rings. The number of nitrogens with zero attached hydrogens (tertiary/aromatic N) is 1. The Bertz CT molecular complexity index is 841. The van der Waals surface area contributed by atoms with Crippen LogP contribution in [0.4, 0.5) is 5.69 Å². The molecule has 1 unspecified atom stereocenters. The molecule has 2 rings (SSSR count). The lowest BCUT2D eigenvalue weighted by atomic mass is 9.78. The number of hydrogen-bond acceptors (Lipinski definition) is 5. The summed E-state index contributed by atoms with van der Waals surface area (Å²) in [5.41, 5.74) is 1.16. The molecule has 0 radical (unpaired) electrons. The van der Waals surface area contributed by atoms with Crippen molar-refractivity contribution in [1.82, 2.24) is 0 Å². The van der Waals surface area contributed by atoms with Crippen molar-refractivity contribution in [3.05, 3.63) is 62.6 Å². The van der Waals surface area contributed by atoms with E-state index in [1.165, 1.54) is 19.1 Å². The number of nitro groups is 1. The van der Waals surface area contributed by atoms with E-state index in [1.807, 2.05) is 0 Å². The quantitative estimate of drug-likeness (QED) is 0.274. The Kier molecular flexibility index (Phi) is 6.91. The van der Waals surface area contributed by atoms with Crippen molar-refractivity contribution in [3.8, 4) is 0 Å². The van der Waals surface area contributed by atoms with Crippen LogP contribution in [-0.4, -0.2) is 22.4 Å². The minimum absolute atomic E-state index is 0.0915. The van der Waals surface area contributed by atoms with Gasteiger partial charge in [0.25, 0.3) is 5.69 Å². The van der Waals surface area contributed by atoms with Gasteiger partial charge in [-0.25, -0.2) is 0 Å². The highest BCUT2D eigenvalue weighted by molar-refractivity contribution is 6.17. The number of rotatable bonds is 8. The number of alkyl halides is 1. The number of benzene rings is 1. The van der Waals surface area contributed by atoms with E-state index < -0.39 is 10.8 Å². The normalized spacial score (nSPS) is 17.0. The van der Waals surface area contributed by atoms with Crippen LogP contribution in [0.3, 0.4) is 0 Å². The van der Waals surface area contributed by atoms with E-state index in [1.54, 1.807) is 26.0 Å². The molecule has 1 atom stereocenters. The number of ether oxygens (including phenoxy) is 1. The first kappa shape index (κ1) is 20.8. The zero-order valence-electron chi connectivity index (χ0n) is 15.6. The van der Waals surface area contributed by atoms with Crippen molar-refractivity contribution in [3.63, 3.8) is 0 Å². The Morgan fingerprint density at radius 2 is 1.85 bits per heavy atom. The van der Waals surface area contributed by atoms with Crippen LogP contribution in [0.2, 0.25) is 0 Å². The molecule has 1 aromatic rings. The maximum atomic E-state index is 12.9. The highest BCUT2D eigenvalue weighted by Crippen LogP contribution is 2.42.